The third-order valence-corrected chi connectivity index (χ3v) is 9.00. The van der Waals surface area contributed by atoms with Crippen molar-refractivity contribution in [1.29, 1.82) is 0 Å². The summed E-state index contributed by atoms with van der Waals surface area (Å²) >= 11 is 0. The smallest absolute Gasteiger partial charge is 0.244 e. The minimum atomic E-state index is -3.82. The zero-order valence-corrected chi connectivity index (χ0v) is 22.3. The number of methoxy groups -OCH3 is 1. The number of nitrogens with zero attached hydrogens (tertiary/aromatic N) is 3. The van der Waals surface area contributed by atoms with Crippen molar-refractivity contribution in [2.75, 3.05) is 12.4 Å². The average Bonchev–Trinajstić information content (AvgIpc) is 3.53. The normalized spacial score (nSPS) is 21.2. The van der Waals surface area contributed by atoms with Crippen molar-refractivity contribution in [2.24, 2.45) is 0 Å². The van der Waals surface area contributed by atoms with E-state index in [1.165, 1.54) is 16.4 Å². The van der Waals surface area contributed by atoms with Crippen LogP contribution in [0.2, 0.25) is 0 Å². The number of fused-ring (bicyclic) bond motifs is 1. The number of hydrogen-bond acceptors (Lipinski definition) is 6. The molecule has 1 fully saturated rings. The molecule has 2 atom stereocenters. The maximum absolute atomic E-state index is 15.8. The van der Waals surface area contributed by atoms with Gasteiger partial charge in [-0.1, -0.05) is 12.1 Å². The summed E-state index contributed by atoms with van der Waals surface area (Å²) in [5, 5.41) is 18.0. The van der Waals surface area contributed by atoms with Crippen LogP contribution in [0.15, 0.2) is 47.4 Å². The van der Waals surface area contributed by atoms with Crippen LogP contribution in [0, 0.1) is 5.82 Å². The van der Waals surface area contributed by atoms with Crippen LogP contribution in [0.25, 0.3) is 0 Å². The fourth-order valence-electron chi connectivity index (χ4n) is 5.13. The van der Waals surface area contributed by atoms with E-state index in [2.05, 4.69) is 5.32 Å². The topological polar surface area (TPSA) is 96.7 Å². The van der Waals surface area contributed by atoms with Gasteiger partial charge in [0, 0.05) is 30.6 Å². The predicted molar refractivity (Wildman–Crippen MR) is 139 cm³/mol. The first-order chi connectivity index (χ1) is 17.5. The van der Waals surface area contributed by atoms with Crippen LogP contribution in [0.5, 0.6) is 5.75 Å². The highest BCUT2D eigenvalue weighted by atomic mass is 32.2. The van der Waals surface area contributed by atoms with E-state index in [0.717, 1.165) is 24.1 Å². The number of rotatable bonds is 6. The standard InChI is InChI=1S/C27H33FN4O4S/c1-27(2,3)32-25(14-23(30-32)18-7-8-19(33)13-18)29-22-11-12-24-21(26(22)28)16-31(37(24,34)35)15-17-5-9-20(36-4)10-6-17/h5-6,9-12,14,18-19,29,33H,7-8,13,15-16H2,1-4H3/t18-,19-/m0/s1. The molecule has 0 saturated heterocycles. The highest BCUT2D eigenvalue weighted by Crippen LogP contribution is 2.39. The number of benzene rings is 2. The van der Waals surface area contributed by atoms with Crippen LogP contribution < -0.4 is 10.1 Å². The van der Waals surface area contributed by atoms with Crippen molar-refractivity contribution in [2.45, 2.75) is 75.6 Å². The van der Waals surface area contributed by atoms with Crippen LogP contribution in [0.3, 0.4) is 0 Å². The van der Waals surface area contributed by atoms with E-state index in [1.54, 1.807) is 31.4 Å². The van der Waals surface area contributed by atoms with Gasteiger partial charge in [0.2, 0.25) is 10.0 Å². The zero-order valence-electron chi connectivity index (χ0n) is 21.5. The number of aromatic nitrogens is 2. The summed E-state index contributed by atoms with van der Waals surface area (Å²) < 4.78 is 50.4. The third-order valence-electron chi connectivity index (χ3n) is 7.12. The Bertz CT molecular complexity index is 1410. The fourth-order valence-corrected chi connectivity index (χ4v) is 6.73. The molecule has 10 heteroatoms. The molecule has 0 spiro atoms. The zero-order chi connectivity index (χ0) is 26.5. The van der Waals surface area contributed by atoms with Gasteiger partial charge in [-0.15, -0.1) is 0 Å². The molecule has 3 aromatic rings. The highest BCUT2D eigenvalue weighted by molar-refractivity contribution is 7.89. The lowest BCUT2D eigenvalue weighted by atomic mass is 10.0. The summed E-state index contributed by atoms with van der Waals surface area (Å²) in [5.74, 6) is 0.872. The second kappa shape index (κ2) is 9.41. The van der Waals surface area contributed by atoms with Gasteiger partial charge in [0.25, 0.3) is 0 Å². The van der Waals surface area contributed by atoms with Gasteiger partial charge in [-0.05, 0) is 69.9 Å². The number of aliphatic hydroxyl groups is 1. The molecule has 2 N–H and O–H groups in total. The molecule has 0 radical (unpaired) electrons. The van der Waals surface area contributed by atoms with Crippen LogP contribution in [-0.2, 0) is 28.7 Å². The molecule has 1 aliphatic carbocycles. The number of halogens is 1. The van der Waals surface area contributed by atoms with Gasteiger partial charge in [-0.3, -0.25) is 0 Å². The quantitative estimate of drug-likeness (QED) is 0.474. The van der Waals surface area contributed by atoms with Crippen molar-refractivity contribution >= 4 is 21.5 Å². The van der Waals surface area contributed by atoms with E-state index in [0.29, 0.717) is 18.0 Å². The van der Waals surface area contributed by atoms with E-state index in [-0.39, 0.29) is 46.8 Å². The average molecular weight is 529 g/mol. The van der Waals surface area contributed by atoms with E-state index in [4.69, 9.17) is 9.84 Å². The van der Waals surface area contributed by atoms with E-state index in [9.17, 15) is 13.5 Å². The Morgan fingerprint density at radius 2 is 1.89 bits per heavy atom. The van der Waals surface area contributed by atoms with Crippen molar-refractivity contribution in [3.05, 3.63) is 65.1 Å². The fraction of sp³-hybridized carbons (Fsp3) is 0.444. The van der Waals surface area contributed by atoms with E-state index >= 15 is 4.39 Å². The molecule has 1 aliphatic heterocycles. The predicted octanol–water partition coefficient (Wildman–Crippen LogP) is 4.86. The minimum Gasteiger partial charge on any atom is -0.497 e. The van der Waals surface area contributed by atoms with E-state index < -0.39 is 15.8 Å². The van der Waals surface area contributed by atoms with Gasteiger partial charge in [-0.2, -0.15) is 9.40 Å². The third kappa shape index (κ3) is 4.85. The van der Waals surface area contributed by atoms with Crippen LogP contribution >= 0.6 is 0 Å². The van der Waals surface area contributed by atoms with Gasteiger partial charge in [0.15, 0.2) is 5.82 Å². The molecule has 37 heavy (non-hydrogen) atoms. The molecule has 8 nitrogen and oxygen atoms in total. The van der Waals surface area contributed by atoms with E-state index in [1.807, 2.05) is 31.5 Å². The summed E-state index contributed by atoms with van der Waals surface area (Å²) in [6.07, 6.45) is 1.95. The lowest BCUT2D eigenvalue weighted by molar-refractivity contribution is 0.181. The first kappa shape index (κ1) is 25.7. The molecule has 1 aromatic heterocycles. The number of sulfonamides is 1. The lowest BCUT2D eigenvalue weighted by Gasteiger charge is -2.23. The minimum absolute atomic E-state index is 0.00553. The van der Waals surface area contributed by atoms with Gasteiger partial charge in [0.1, 0.15) is 11.6 Å². The summed E-state index contributed by atoms with van der Waals surface area (Å²) in [7, 11) is -2.25. The van der Waals surface area contributed by atoms with Crippen LogP contribution in [0.1, 0.15) is 62.8 Å². The summed E-state index contributed by atoms with van der Waals surface area (Å²) in [6, 6.07) is 12.0. The molecule has 1 saturated carbocycles. The molecule has 2 aromatic carbocycles. The number of nitrogens with one attached hydrogen (secondary N) is 1. The summed E-state index contributed by atoms with van der Waals surface area (Å²) in [6.45, 7) is 6.13. The molecular weight excluding hydrogens is 495 g/mol. The number of ether oxygens (including phenoxy) is 1. The van der Waals surface area contributed by atoms with Crippen LogP contribution in [0.4, 0.5) is 15.9 Å². The summed E-state index contributed by atoms with van der Waals surface area (Å²) in [5.41, 5.74) is 1.63. The first-order valence-electron chi connectivity index (χ1n) is 12.5. The Labute approximate surface area is 217 Å². The SMILES string of the molecule is COc1ccc(CN2Cc3c(ccc(Nc4cc([C@H]5CC[C@H](O)C5)nn4C(C)(C)C)c3F)S2(=O)=O)cc1. The highest BCUT2D eigenvalue weighted by Gasteiger charge is 2.37. The monoisotopic (exact) mass is 528 g/mol. The molecular formula is C27H33FN4O4S. The lowest BCUT2D eigenvalue weighted by Crippen LogP contribution is -2.25. The van der Waals surface area contributed by atoms with Crippen molar-refractivity contribution in [3.8, 4) is 5.75 Å². The first-order valence-corrected chi connectivity index (χ1v) is 13.9. The molecule has 0 bridgehead atoms. The number of anilines is 2. The largest absolute Gasteiger partial charge is 0.497 e. The van der Waals surface area contributed by atoms with Gasteiger partial charge < -0.3 is 15.2 Å². The van der Waals surface area contributed by atoms with Crippen molar-refractivity contribution < 1.29 is 22.7 Å². The van der Waals surface area contributed by atoms with Gasteiger partial charge in [-0.25, -0.2) is 17.5 Å². The molecule has 2 aliphatic rings. The Kier molecular flexibility index (Phi) is 6.54. The van der Waals surface area contributed by atoms with Crippen molar-refractivity contribution in [3.63, 3.8) is 0 Å². The Hall–Kier alpha value is -2.95. The van der Waals surface area contributed by atoms with Gasteiger partial charge in [0.05, 0.1) is 35.0 Å². The Morgan fingerprint density at radius 3 is 2.51 bits per heavy atom. The molecule has 0 amide bonds. The second-order valence-electron chi connectivity index (χ2n) is 10.9. The molecule has 5 rings (SSSR count). The van der Waals surface area contributed by atoms with Crippen LogP contribution in [-0.4, -0.2) is 40.8 Å². The maximum atomic E-state index is 15.8. The second-order valence-corrected chi connectivity index (χ2v) is 12.8. The number of hydrogen-bond donors (Lipinski definition) is 2. The molecule has 198 valence electrons. The molecule has 0 unspecified atom stereocenters. The number of aliphatic hydroxyl groups excluding tert-OH is 1. The van der Waals surface area contributed by atoms with Crippen molar-refractivity contribution in [1.82, 2.24) is 14.1 Å². The molecule has 2 heterocycles. The Morgan fingerprint density at radius 1 is 1.16 bits per heavy atom. The Balaban J connectivity index is 1.43. The summed E-state index contributed by atoms with van der Waals surface area (Å²) in [4.78, 5) is -0.00553. The maximum Gasteiger partial charge on any atom is 0.244 e. The van der Waals surface area contributed by atoms with Gasteiger partial charge >= 0.3 is 0 Å².